The van der Waals surface area contributed by atoms with Gasteiger partial charge in [0, 0.05) is 12.1 Å². The van der Waals surface area contributed by atoms with Gasteiger partial charge >= 0.3 is 6.03 Å². The zero-order chi connectivity index (χ0) is 23.5. The summed E-state index contributed by atoms with van der Waals surface area (Å²) < 4.78 is 1.69. The van der Waals surface area contributed by atoms with Crippen molar-refractivity contribution >= 4 is 16.9 Å². The van der Waals surface area contributed by atoms with Gasteiger partial charge in [-0.05, 0) is 64.3 Å². The predicted octanol–water partition coefficient (Wildman–Crippen LogP) is 5.23. The molecule has 0 spiro atoms. The number of nitrogens with one attached hydrogen (secondary N) is 1. The standard InChI is InChI=1S/C26H34N4O2/c1-7-17-29(25(32)28-26(4,5)6)18(3)23-27-21-15-11-10-14-20(21)24(31)30(23)22-16-12-9-13-19(22)8-2/h9-16,18H,7-8,17H2,1-6H3,(H,28,32). The van der Waals surface area contributed by atoms with Crippen LogP contribution in [0.15, 0.2) is 53.3 Å². The van der Waals surface area contributed by atoms with Crippen LogP contribution in [0.4, 0.5) is 4.79 Å². The first-order valence-corrected chi connectivity index (χ1v) is 11.4. The van der Waals surface area contributed by atoms with E-state index in [1.54, 1.807) is 15.5 Å². The Morgan fingerprint density at radius 1 is 1.09 bits per heavy atom. The molecule has 0 aliphatic heterocycles. The summed E-state index contributed by atoms with van der Waals surface area (Å²) in [5.41, 5.74) is 2.02. The average Bonchev–Trinajstić information content (AvgIpc) is 2.75. The number of benzene rings is 2. The van der Waals surface area contributed by atoms with Gasteiger partial charge in [0.2, 0.25) is 0 Å². The second-order valence-electron chi connectivity index (χ2n) is 9.16. The summed E-state index contributed by atoms with van der Waals surface area (Å²) in [4.78, 5) is 33.6. The molecule has 2 aromatic carbocycles. The molecule has 2 amide bonds. The Hall–Kier alpha value is -3.15. The van der Waals surface area contributed by atoms with Crippen molar-refractivity contribution in [3.63, 3.8) is 0 Å². The van der Waals surface area contributed by atoms with E-state index < -0.39 is 6.04 Å². The van der Waals surface area contributed by atoms with Gasteiger partial charge in [0.15, 0.2) is 0 Å². The van der Waals surface area contributed by atoms with Crippen LogP contribution in [0, 0.1) is 0 Å². The van der Waals surface area contributed by atoms with Crippen molar-refractivity contribution in [2.45, 2.75) is 66.0 Å². The van der Waals surface area contributed by atoms with E-state index in [-0.39, 0.29) is 17.1 Å². The average molecular weight is 435 g/mol. The number of aryl methyl sites for hydroxylation is 1. The highest BCUT2D eigenvalue weighted by Gasteiger charge is 2.28. The van der Waals surface area contributed by atoms with Crippen molar-refractivity contribution in [2.75, 3.05) is 6.54 Å². The largest absolute Gasteiger partial charge is 0.333 e. The lowest BCUT2D eigenvalue weighted by atomic mass is 10.1. The van der Waals surface area contributed by atoms with Crippen molar-refractivity contribution in [1.29, 1.82) is 0 Å². The number of rotatable bonds is 6. The minimum Gasteiger partial charge on any atom is -0.333 e. The molecule has 0 bridgehead atoms. The van der Waals surface area contributed by atoms with Crippen molar-refractivity contribution in [1.82, 2.24) is 19.8 Å². The number of fused-ring (bicyclic) bond motifs is 1. The second-order valence-corrected chi connectivity index (χ2v) is 9.16. The van der Waals surface area contributed by atoms with E-state index in [1.807, 2.05) is 77.1 Å². The topological polar surface area (TPSA) is 67.2 Å². The van der Waals surface area contributed by atoms with E-state index in [9.17, 15) is 9.59 Å². The van der Waals surface area contributed by atoms with Gasteiger partial charge in [0.25, 0.3) is 5.56 Å². The first kappa shape index (κ1) is 23.5. The Kier molecular flexibility index (Phi) is 7.02. The minimum atomic E-state index is -0.403. The molecule has 32 heavy (non-hydrogen) atoms. The van der Waals surface area contributed by atoms with Gasteiger partial charge in [0.1, 0.15) is 5.82 Å². The zero-order valence-corrected chi connectivity index (χ0v) is 20.0. The number of amides is 2. The molecule has 6 nitrogen and oxygen atoms in total. The number of carbonyl (C=O) groups is 1. The summed E-state index contributed by atoms with van der Waals surface area (Å²) >= 11 is 0. The van der Waals surface area contributed by atoms with E-state index in [2.05, 4.69) is 12.2 Å². The fourth-order valence-corrected chi connectivity index (χ4v) is 3.93. The third kappa shape index (κ3) is 4.85. The van der Waals surface area contributed by atoms with Crippen LogP contribution in [0.3, 0.4) is 0 Å². The van der Waals surface area contributed by atoms with Crippen LogP contribution < -0.4 is 10.9 Å². The molecule has 1 atom stereocenters. The van der Waals surface area contributed by atoms with Crippen molar-refractivity contribution in [3.05, 3.63) is 70.3 Å². The lowest BCUT2D eigenvalue weighted by Crippen LogP contribution is -2.50. The smallest absolute Gasteiger partial charge is 0.318 e. The van der Waals surface area contributed by atoms with Gasteiger partial charge in [-0.1, -0.05) is 44.2 Å². The van der Waals surface area contributed by atoms with Crippen LogP contribution in [0.1, 0.15) is 65.4 Å². The van der Waals surface area contributed by atoms with Gasteiger partial charge in [-0.25, -0.2) is 9.78 Å². The predicted molar refractivity (Wildman–Crippen MR) is 130 cm³/mol. The lowest BCUT2D eigenvalue weighted by Gasteiger charge is -2.33. The van der Waals surface area contributed by atoms with Crippen molar-refractivity contribution < 1.29 is 4.79 Å². The van der Waals surface area contributed by atoms with Gasteiger partial charge < -0.3 is 10.2 Å². The number of aromatic nitrogens is 2. The molecule has 0 aliphatic rings. The van der Waals surface area contributed by atoms with Crippen LogP contribution in [-0.2, 0) is 6.42 Å². The van der Waals surface area contributed by atoms with Gasteiger partial charge in [-0.15, -0.1) is 0 Å². The molecule has 1 heterocycles. The quantitative estimate of drug-likeness (QED) is 0.578. The maximum absolute atomic E-state index is 13.7. The molecule has 0 fully saturated rings. The van der Waals surface area contributed by atoms with E-state index in [4.69, 9.17) is 4.98 Å². The molecule has 1 unspecified atom stereocenters. The highest BCUT2D eigenvalue weighted by molar-refractivity contribution is 5.78. The highest BCUT2D eigenvalue weighted by Crippen LogP contribution is 2.25. The monoisotopic (exact) mass is 434 g/mol. The molecule has 0 saturated carbocycles. The van der Waals surface area contributed by atoms with E-state index >= 15 is 0 Å². The normalized spacial score (nSPS) is 12.6. The SMILES string of the molecule is CCCN(C(=O)NC(C)(C)C)C(C)c1nc2ccccc2c(=O)n1-c1ccccc1CC. The molecule has 3 aromatic rings. The van der Waals surface area contributed by atoms with Gasteiger partial charge in [-0.2, -0.15) is 0 Å². The fourth-order valence-electron chi connectivity index (χ4n) is 3.93. The third-order valence-electron chi connectivity index (χ3n) is 5.46. The van der Waals surface area contributed by atoms with Gasteiger partial charge in [0.05, 0.1) is 22.6 Å². The van der Waals surface area contributed by atoms with Gasteiger partial charge in [-0.3, -0.25) is 9.36 Å². The molecule has 3 rings (SSSR count). The Morgan fingerprint density at radius 2 is 1.75 bits per heavy atom. The number of nitrogens with zero attached hydrogens (tertiary/aromatic N) is 3. The molecule has 0 aliphatic carbocycles. The maximum Gasteiger partial charge on any atom is 0.318 e. The molecule has 0 saturated heterocycles. The van der Waals surface area contributed by atoms with Crippen LogP contribution >= 0.6 is 0 Å². The van der Waals surface area contributed by atoms with Crippen LogP contribution in [-0.4, -0.2) is 32.6 Å². The molecule has 1 N–H and O–H groups in total. The van der Waals surface area contributed by atoms with Crippen LogP contribution in [0.5, 0.6) is 0 Å². The second kappa shape index (κ2) is 9.55. The molecular formula is C26H34N4O2. The van der Waals surface area contributed by atoms with E-state index in [1.165, 1.54) is 0 Å². The maximum atomic E-state index is 13.7. The summed E-state index contributed by atoms with van der Waals surface area (Å²) in [6.45, 7) is 12.5. The van der Waals surface area contributed by atoms with E-state index in [0.717, 1.165) is 24.1 Å². The highest BCUT2D eigenvalue weighted by atomic mass is 16.2. The summed E-state index contributed by atoms with van der Waals surface area (Å²) in [5.74, 6) is 0.562. The number of urea groups is 1. The van der Waals surface area contributed by atoms with Crippen LogP contribution in [0.2, 0.25) is 0 Å². The summed E-state index contributed by atoms with van der Waals surface area (Å²) in [6.07, 6.45) is 1.58. The minimum absolute atomic E-state index is 0.119. The summed E-state index contributed by atoms with van der Waals surface area (Å²) in [7, 11) is 0. The molecule has 1 aromatic heterocycles. The van der Waals surface area contributed by atoms with E-state index in [0.29, 0.717) is 23.3 Å². The molecule has 170 valence electrons. The zero-order valence-electron chi connectivity index (χ0n) is 20.0. The number of hydrogen-bond acceptors (Lipinski definition) is 3. The molecule has 6 heteroatoms. The molecule has 0 radical (unpaired) electrons. The van der Waals surface area contributed by atoms with Crippen molar-refractivity contribution in [3.8, 4) is 5.69 Å². The molecular weight excluding hydrogens is 400 g/mol. The first-order valence-electron chi connectivity index (χ1n) is 11.4. The number of hydrogen-bond donors (Lipinski definition) is 1. The fraction of sp³-hybridized carbons (Fsp3) is 0.423. The summed E-state index contributed by atoms with van der Waals surface area (Å²) in [6, 6.07) is 14.7. The number of para-hydroxylation sites is 2. The Labute approximate surface area is 190 Å². The number of carbonyl (C=O) groups excluding carboxylic acids is 1. The Balaban J connectivity index is 2.26. The third-order valence-corrected chi connectivity index (χ3v) is 5.46. The Morgan fingerprint density at radius 3 is 2.41 bits per heavy atom. The first-order chi connectivity index (χ1) is 15.2. The Bertz CT molecular complexity index is 1160. The van der Waals surface area contributed by atoms with Crippen LogP contribution in [0.25, 0.3) is 16.6 Å². The summed E-state index contributed by atoms with van der Waals surface area (Å²) in [5, 5.41) is 3.63. The van der Waals surface area contributed by atoms with Crippen molar-refractivity contribution in [2.24, 2.45) is 0 Å². The lowest BCUT2D eigenvalue weighted by molar-refractivity contribution is 0.167.